The Labute approximate surface area is 129 Å². The van der Waals surface area contributed by atoms with Gasteiger partial charge in [-0.1, -0.05) is 12.1 Å². The van der Waals surface area contributed by atoms with Gasteiger partial charge < -0.3 is 10.6 Å². The summed E-state index contributed by atoms with van der Waals surface area (Å²) in [7, 11) is 0. The first-order chi connectivity index (χ1) is 10.6. The topological polar surface area (TPSA) is 41.1 Å². The van der Waals surface area contributed by atoms with Gasteiger partial charge in [-0.15, -0.1) is 0 Å². The van der Waals surface area contributed by atoms with Crippen molar-refractivity contribution in [3.05, 3.63) is 70.0 Å². The number of nitrogens with one attached hydrogen (secondary N) is 2. The second-order valence-electron chi connectivity index (χ2n) is 5.66. The Morgan fingerprint density at radius 1 is 1.18 bits per heavy atom. The smallest absolute Gasteiger partial charge is 0.251 e. The monoisotopic (exact) mass is 298 g/mol. The molecule has 1 heterocycles. The van der Waals surface area contributed by atoms with E-state index in [2.05, 4.69) is 10.6 Å². The number of rotatable bonds is 4. The maximum Gasteiger partial charge on any atom is 0.251 e. The number of carbonyl (C=O) groups excluding carboxylic acids is 1. The molecule has 0 spiro atoms. The Bertz CT molecular complexity index is 712. The minimum Gasteiger partial charge on any atom is -0.352 e. The molecule has 0 radical (unpaired) electrons. The van der Waals surface area contributed by atoms with Gasteiger partial charge in [0.25, 0.3) is 5.91 Å². The van der Waals surface area contributed by atoms with E-state index < -0.39 is 0 Å². The first-order valence-electron chi connectivity index (χ1n) is 7.49. The Balaban J connectivity index is 1.58. The average molecular weight is 298 g/mol. The van der Waals surface area contributed by atoms with Crippen molar-refractivity contribution in [2.75, 3.05) is 6.54 Å². The molecule has 0 bridgehead atoms. The van der Waals surface area contributed by atoms with E-state index in [1.54, 1.807) is 6.07 Å². The molecule has 0 saturated heterocycles. The number of hydrogen-bond acceptors (Lipinski definition) is 2. The Hall–Kier alpha value is -2.20. The number of carbonyl (C=O) groups is 1. The maximum atomic E-state index is 13.1. The van der Waals surface area contributed by atoms with Crippen LogP contribution in [-0.2, 0) is 19.5 Å². The first-order valence-corrected chi connectivity index (χ1v) is 7.49. The molecule has 1 amide bonds. The summed E-state index contributed by atoms with van der Waals surface area (Å²) >= 11 is 0. The summed E-state index contributed by atoms with van der Waals surface area (Å²) in [5.41, 5.74) is 5.12. The highest BCUT2D eigenvalue weighted by Gasteiger charge is 2.13. The number of amides is 1. The van der Waals surface area contributed by atoms with E-state index in [0.717, 1.165) is 24.2 Å². The van der Waals surface area contributed by atoms with Gasteiger partial charge in [-0.25, -0.2) is 4.39 Å². The highest BCUT2D eigenvalue weighted by atomic mass is 19.1. The van der Waals surface area contributed by atoms with Gasteiger partial charge in [-0.2, -0.15) is 0 Å². The summed E-state index contributed by atoms with van der Waals surface area (Å²) in [5, 5.41) is 6.19. The van der Waals surface area contributed by atoms with Crippen molar-refractivity contribution in [1.29, 1.82) is 0 Å². The molecule has 1 aliphatic heterocycles. The number of hydrogen-bond donors (Lipinski definition) is 2. The fraction of sp³-hybridized carbons (Fsp3) is 0.278. The summed E-state index contributed by atoms with van der Waals surface area (Å²) in [6.07, 6.45) is 0.699. The quantitative estimate of drug-likeness (QED) is 0.911. The van der Waals surface area contributed by atoms with Crippen molar-refractivity contribution in [1.82, 2.24) is 10.6 Å². The minimum absolute atomic E-state index is 0.0607. The Morgan fingerprint density at radius 3 is 2.82 bits per heavy atom. The van der Waals surface area contributed by atoms with Gasteiger partial charge in [0, 0.05) is 25.2 Å². The normalized spacial score (nSPS) is 13.0. The molecule has 2 aromatic rings. The lowest BCUT2D eigenvalue weighted by molar-refractivity contribution is 0.0954. The van der Waals surface area contributed by atoms with E-state index in [4.69, 9.17) is 0 Å². The van der Waals surface area contributed by atoms with Crippen LogP contribution in [0.15, 0.2) is 36.4 Å². The van der Waals surface area contributed by atoms with Crippen LogP contribution in [-0.4, -0.2) is 12.5 Å². The zero-order valence-electron chi connectivity index (χ0n) is 12.6. The van der Waals surface area contributed by atoms with Gasteiger partial charge in [-0.3, -0.25) is 4.79 Å². The zero-order chi connectivity index (χ0) is 15.5. The lowest BCUT2D eigenvalue weighted by atomic mass is 10.0. The molecule has 0 unspecified atom stereocenters. The third-order valence-corrected chi connectivity index (χ3v) is 4.08. The molecule has 2 N–H and O–H groups in total. The molecule has 3 nitrogen and oxygen atoms in total. The van der Waals surface area contributed by atoms with Crippen LogP contribution in [0.2, 0.25) is 0 Å². The van der Waals surface area contributed by atoms with Crippen LogP contribution in [0.4, 0.5) is 4.39 Å². The van der Waals surface area contributed by atoms with Gasteiger partial charge in [0.05, 0.1) is 0 Å². The first kappa shape index (κ1) is 14.7. The van der Waals surface area contributed by atoms with E-state index in [0.29, 0.717) is 18.5 Å². The molecule has 22 heavy (non-hydrogen) atoms. The van der Waals surface area contributed by atoms with Gasteiger partial charge >= 0.3 is 0 Å². The van der Waals surface area contributed by atoms with E-state index >= 15 is 0 Å². The molecule has 4 heteroatoms. The number of aryl methyl sites for hydroxylation is 1. The second-order valence-corrected chi connectivity index (χ2v) is 5.66. The van der Waals surface area contributed by atoms with Gasteiger partial charge in [0.15, 0.2) is 0 Å². The van der Waals surface area contributed by atoms with Crippen LogP contribution >= 0.6 is 0 Å². The lowest BCUT2D eigenvalue weighted by Crippen LogP contribution is -2.26. The molecule has 0 fully saturated rings. The maximum absolute atomic E-state index is 13.1. The Kier molecular flexibility index (Phi) is 4.20. The Morgan fingerprint density at radius 2 is 2.00 bits per heavy atom. The highest BCUT2D eigenvalue weighted by Crippen LogP contribution is 2.17. The van der Waals surface area contributed by atoms with Crippen LogP contribution in [0.5, 0.6) is 0 Å². The second kappa shape index (κ2) is 6.28. The van der Waals surface area contributed by atoms with Crippen molar-refractivity contribution in [2.24, 2.45) is 0 Å². The fourth-order valence-electron chi connectivity index (χ4n) is 2.79. The third kappa shape index (κ3) is 3.17. The predicted octanol–water partition coefficient (Wildman–Crippen LogP) is 2.71. The summed E-state index contributed by atoms with van der Waals surface area (Å²) in [6.45, 7) is 4.13. The molecular weight excluding hydrogens is 279 g/mol. The van der Waals surface area contributed by atoms with E-state index in [9.17, 15) is 9.18 Å². The third-order valence-electron chi connectivity index (χ3n) is 4.08. The number of fused-ring (bicyclic) bond motifs is 1. The molecule has 1 aliphatic rings. The van der Waals surface area contributed by atoms with Gasteiger partial charge in [0.2, 0.25) is 0 Å². The van der Waals surface area contributed by atoms with E-state index in [1.165, 1.54) is 23.3 Å². The van der Waals surface area contributed by atoms with Crippen LogP contribution in [0.1, 0.15) is 32.6 Å². The zero-order valence-corrected chi connectivity index (χ0v) is 12.6. The van der Waals surface area contributed by atoms with Crippen molar-refractivity contribution in [3.8, 4) is 0 Å². The molecule has 0 saturated carbocycles. The van der Waals surface area contributed by atoms with Crippen LogP contribution in [0, 0.1) is 12.7 Å². The van der Waals surface area contributed by atoms with Crippen LogP contribution in [0.25, 0.3) is 0 Å². The van der Waals surface area contributed by atoms with Crippen LogP contribution < -0.4 is 10.6 Å². The SMILES string of the molecule is Cc1cc(F)ccc1CCNC(=O)c1ccc2c(c1)CNC2. The number of benzene rings is 2. The standard InChI is InChI=1S/C18H19FN2O/c1-12-8-17(19)5-4-13(12)6-7-21-18(22)14-2-3-15-10-20-11-16(15)9-14/h2-5,8-9,20H,6-7,10-11H2,1H3,(H,21,22). The predicted molar refractivity (Wildman–Crippen MR) is 84.2 cm³/mol. The van der Waals surface area contributed by atoms with Gasteiger partial charge in [0.1, 0.15) is 5.82 Å². The average Bonchev–Trinajstić information content (AvgIpc) is 2.96. The highest BCUT2D eigenvalue weighted by molar-refractivity contribution is 5.94. The summed E-state index contributed by atoms with van der Waals surface area (Å²) in [4.78, 5) is 12.2. The van der Waals surface area contributed by atoms with E-state index in [1.807, 2.05) is 25.1 Å². The summed E-state index contributed by atoms with van der Waals surface area (Å²) in [6, 6.07) is 10.6. The molecule has 114 valence electrons. The van der Waals surface area contributed by atoms with Crippen molar-refractivity contribution in [2.45, 2.75) is 26.4 Å². The van der Waals surface area contributed by atoms with Crippen molar-refractivity contribution < 1.29 is 9.18 Å². The lowest BCUT2D eigenvalue weighted by Gasteiger charge is -2.09. The minimum atomic E-state index is -0.225. The van der Waals surface area contributed by atoms with Crippen molar-refractivity contribution in [3.63, 3.8) is 0 Å². The van der Waals surface area contributed by atoms with Gasteiger partial charge in [-0.05, 0) is 59.9 Å². The van der Waals surface area contributed by atoms with Crippen molar-refractivity contribution >= 4 is 5.91 Å². The summed E-state index contributed by atoms with van der Waals surface area (Å²) < 4.78 is 13.1. The number of halogens is 1. The molecule has 0 aromatic heterocycles. The molecule has 3 rings (SSSR count). The fourth-order valence-corrected chi connectivity index (χ4v) is 2.79. The molecule has 0 aliphatic carbocycles. The molecule has 0 atom stereocenters. The summed E-state index contributed by atoms with van der Waals surface area (Å²) in [5.74, 6) is -0.286. The van der Waals surface area contributed by atoms with Crippen LogP contribution in [0.3, 0.4) is 0 Å². The largest absolute Gasteiger partial charge is 0.352 e. The molecular formula is C18H19FN2O. The van der Waals surface area contributed by atoms with E-state index in [-0.39, 0.29) is 11.7 Å². The molecule has 2 aromatic carbocycles.